The molecule has 1 aliphatic rings. The van der Waals surface area contributed by atoms with Crippen LogP contribution in [0.25, 0.3) is 0 Å². The second-order valence-electron chi connectivity index (χ2n) is 5.91. The molecule has 1 saturated heterocycles. The van der Waals surface area contributed by atoms with Gasteiger partial charge in [0.1, 0.15) is 0 Å². The first-order chi connectivity index (χ1) is 9.93. The third-order valence-corrected chi connectivity index (χ3v) is 4.04. The van der Waals surface area contributed by atoms with E-state index in [4.69, 9.17) is 0 Å². The van der Waals surface area contributed by atoms with Crippen molar-refractivity contribution in [3.63, 3.8) is 0 Å². The summed E-state index contributed by atoms with van der Waals surface area (Å²) in [6, 6.07) is 0.547. The Kier molecular flexibility index (Phi) is 25.8. The number of rotatable bonds is 2. The summed E-state index contributed by atoms with van der Waals surface area (Å²) in [7, 11) is 3.88. The molecular formula is C19H45N2Y-. The quantitative estimate of drug-likeness (QED) is 0.584. The van der Waals surface area contributed by atoms with Crippen LogP contribution in [0.3, 0.4) is 0 Å². The van der Waals surface area contributed by atoms with Crippen LogP contribution < -0.4 is 10.6 Å². The molecule has 0 aromatic heterocycles. The van der Waals surface area contributed by atoms with Crippen molar-refractivity contribution in [3.8, 4) is 0 Å². The maximum absolute atomic E-state index is 3.88. The van der Waals surface area contributed by atoms with Crippen molar-refractivity contribution < 1.29 is 32.7 Å². The Balaban J connectivity index is -0.000000206. The van der Waals surface area contributed by atoms with Crippen molar-refractivity contribution in [3.05, 3.63) is 7.05 Å². The van der Waals surface area contributed by atoms with Crippen LogP contribution in [0.2, 0.25) is 0 Å². The third-order valence-electron chi connectivity index (χ3n) is 4.04. The summed E-state index contributed by atoms with van der Waals surface area (Å²) in [5.41, 5.74) is 0.610. The van der Waals surface area contributed by atoms with E-state index in [2.05, 4.69) is 45.4 Å². The van der Waals surface area contributed by atoms with E-state index in [0.717, 1.165) is 6.54 Å². The Morgan fingerprint density at radius 2 is 1.50 bits per heavy atom. The standard InChI is InChI=1S/C13H27N2.3C2H6.Y/c1-6-13(4)10-12(2,3)11(14-5)8-7-9-15-13;3*1-2;/h11,14-15H,5-10H2,1-4H3;3*1-2H3;/q-1;;;;. The molecule has 0 aliphatic carbocycles. The van der Waals surface area contributed by atoms with Crippen molar-refractivity contribution in [2.75, 3.05) is 6.54 Å². The summed E-state index contributed by atoms with van der Waals surface area (Å²) in [4.78, 5) is 0. The van der Waals surface area contributed by atoms with Crippen LogP contribution in [0.1, 0.15) is 94.9 Å². The average Bonchev–Trinajstić information content (AvgIpc) is 2.51. The normalized spacial score (nSPS) is 26.0. The van der Waals surface area contributed by atoms with Gasteiger partial charge >= 0.3 is 0 Å². The van der Waals surface area contributed by atoms with Crippen molar-refractivity contribution in [2.45, 2.75) is 107 Å². The van der Waals surface area contributed by atoms with Gasteiger partial charge in [-0.2, -0.15) is 0 Å². The molecule has 0 aromatic rings. The van der Waals surface area contributed by atoms with E-state index < -0.39 is 0 Å². The van der Waals surface area contributed by atoms with Crippen molar-refractivity contribution in [1.29, 1.82) is 0 Å². The van der Waals surface area contributed by atoms with Gasteiger partial charge in [0.05, 0.1) is 0 Å². The van der Waals surface area contributed by atoms with Crippen LogP contribution in [0.5, 0.6) is 0 Å². The molecule has 2 atom stereocenters. The molecule has 0 saturated carbocycles. The molecule has 1 heterocycles. The minimum atomic E-state index is 0. The number of hydrogen-bond donors (Lipinski definition) is 2. The summed E-state index contributed by atoms with van der Waals surface area (Å²) < 4.78 is 0. The molecular weight excluding hydrogens is 345 g/mol. The van der Waals surface area contributed by atoms with E-state index in [9.17, 15) is 0 Å². The molecule has 0 aromatic carbocycles. The van der Waals surface area contributed by atoms with E-state index in [1.807, 2.05) is 41.5 Å². The fourth-order valence-electron chi connectivity index (χ4n) is 2.91. The fourth-order valence-corrected chi connectivity index (χ4v) is 2.91. The first-order valence-corrected chi connectivity index (χ1v) is 9.21. The van der Waals surface area contributed by atoms with E-state index >= 15 is 0 Å². The van der Waals surface area contributed by atoms with Gasteiger partial charge in [0.2, 0.25) is 0 Å². The van der Waals surface area contributed by atoms with Crippen LogP contribution in [-0.4, -0.2) is 18.1 Å². The van der Waals surface area contributed by atoms with Crippen LogP contribution >= 0.6 is 0 Å². The minimum absolute atomic E-state index is 0. The fraction of sp³-hybridized carbons (Fsp3) is 0.947. The van der Waals surface area contributed by atoms with E-state index in [-0.39, 0.29) is 32.7 Å². The molecule has 0 amide bonds. The topological polar surface area (TPSA) is 24.1 Å². The second-order valence-corrected chi connectivity index (χ2v) is 5.91. The first kappa shape index (κ1) is 30.9. The maximum Gasteiger partial charge on any atom is 0.0156 e. The largest absolute Gasteiger partial charge is 0.470 e. The Bertz CT molecular complexity index is 208. The monoisotopic (exact) mass is 390 g/mol. The van der Waals surface area contributed by atoms with Gasteiger partial charge in [0.15, 0.2) is 0 Å². The van der Waals surface area contributed by atoms with E-state index in [0.29, 0.717) is 17.0 Å². The molecule has 3 heteroatoms. The van der Waals surface area contributed by atoms with Crippen LogP contribution in [0.15, 0.2) is 0 Å². The summed E-state index contributed by atoms with van der Waals surface area (Å²) in [5.74, 6) is 0. The molecule has 2 nitrogen and oxygen atoms in total. The molecule has 2 N–H and O–H groups in total. The zero-order chi connectivity index (χ0) is 17.5. The summed E-state index contributed by atoms with van der Waals surface area (Å²) >= 11 is 0. The summed E-state index contributed by atoms with van der Waals surface area (Å²) in [6.45, 7) is 22.5. The van der Waals surface area contributed by atoms with Crippen molar-refractivity contribution >= 4 is 0 Å². The van der Waals surface area contributed by atoms with Gasteiger partial charge in [-0.3, -0.25) is 7.05 Å². The van der Waals surface area contributed by atoms with Gasteiger partial charge in [-0.1, -0.05) is 62.3 Å². The Labute approximate surface area is 168 Å². The van der Waals surface area contributed by atoms with Gasteiger partial charge in [-0.15, -0.1) is 0 Å². The molecule has 0 spiro atoms. The van der Waals surface area contributed by atoms with Crippen LogP contribution in [0.4, 0.5) is 0 Å². The van der Waals surface area contributed by atoms with Gasteiger partial charge < -0.3 is 10.6 Å². The van der Waals surface area contributed by atoms with Gasteiger partial charge in [-0.05, 0) is 50.6 Å². The zero-order valence-electron chi connectivity index (χ0n) is 17.4. The van der Waals surface area contributed by atoms with Gasteiger partial charge in [0, 0.05) is 38.2 Å². The Morgan fingerprint density at radius 1 is 1.05 bits per heavy atom. The van der Waals surface area contributed by atoms with E-state index in [1.165, 1.54) is 25.7 Å². The third kappa shape index (κ3) is 12.4. The molecule has 1 rings (SSSR count). The molecule has 22 heavy (non-hydrogen) atoms. The van der Waals surface area contributed by atoms with Crippen molar-refractivity contribution in [2.24, 2.45) is 5.41 Å². The molecule has 2 unspecified atom stereocenters. The summed E-state index contributed by atoms with van der Waals surface area (Å²) in [6.07, 6.45) is 4.87. The van der Waals surface area contributed by atoms with Crippen LogP contribution in [-0.2, 0) is 32.7 Å². The predicted molar refractivity (Wildman–Crippen MR) is 101 cm³/mol. The first-order valence-electron chi connectivity index (χ1n) is 9.21. The van der Waals surface area contributed by atoms with Crippen LogP contribution in [0, 0.1) is 12.5 Å². The second kappa shape index (κ2) is 18.4. The van der Waals surface area contributed by atoms with Gasteiger partial charge in [0.25, 0.3) is 0 Å². The molecule has 1 radical (unpaired) electrons. The molecule has 0 bridgehead atoms. The van der Waals surface area contributed by atoms with Crippen molar-refractivity contribution in [1.82, 2.24) is 10.6 Å². The predicted octanol–water partition coefficient (Wildman–Crippen LogP) is 5.78. The maximum atomic E-state index is 3.88. The average molecular weight is 390 g/mol. The smallest absolute Gasteiger partial charge is 0.0156 e. The number of hydrogen-bond acceptors (Lipinski definition) is 2. The van der Waals surface area contributed by atoms with Gasteiger partial charge in [-0.25, -0.2) is 0 Å². The SMILES string of the molecule is CC.CC.CC.[CH2-]NC1CCCNC(C)(CC)CC1(C)C.[Y]. The Hall–Kier alpha value is 1.02. The number of nitrogens with one attached hydrogen (secondary N) is 2. The molecule has 1 fully saturated rings. The zero-order valence-corrected chi connectivity index (χ0v) is 20.2. The molecule has 135 valence electrons. The van der Waals surface area contributed by atoms with E-state index in [1.54, 1.807) is 0 Å². The Morgan fingerprint density at radius 3 is 1.86 bits per heavy atom. The minimum Gasteiger partial charge on any atom is -0.470 e. The summed E-state index contributed by atoms with van der Waals surface area (Å²) in [5, 5.41) is 6.95. The molecule has 1 aliphatic heterocycles.